The summed E-state index contributed by atoms with van der Waals surface area (Å²) in [5, 5.41) is 10.6. The molecule has 1 aliphatic heterocycles. The molecule has 0 aromatic heterocycles. The molecule has 8 heteroatoms. The number of hydrogen-bond acceptors (Lipinski definition) is 6. The standard InChI is InChI=1S/C22H22ClN2O4P/c1-3-27-30(26,28-4-2)21-19(15-10-12-17(23)13-11-15)18(14-24)22(25)29-20(21)16-8-6-5-7-9-16/h5-13,19H,3-4,25H2,1-2H3. The van der Waals surface area contributed by atoms with Crippen molar-refractivity contribution in [3.05, 3.63) is 87.5 Å². The minimum absolute atomic E-state index is 0.0559. The molecule has 156 valence electrons. The number of rotatable bonds is 7. The third-order valence-corrected chi connectivity index (χ3v) is 7.02. The molecule has 1 aliphatic rings. The summed E-state index contributed by atoms with van der Waals surface area (Å²) in [7, 11) is -3.85. The van der Waals surface area contributed by atoms with E-state index in [-0.39, 0.29) is 35.7 Å². The lowest BCUT2D eigenvalue weighted by atomic mass is 9.88. The monoisotopic (exact) mass is 444 g/mol. The summed E-state index contributed by atoms with van der Waals surface area (Å²) in [6, 6.07) is 18.1. The maximum atomic E-state index is 14.0. The van der Waals surface area contributed by atoms with Crippen LogP contribution < -0.4 is 5.73 Å². The molecule has 0 aliphatic carbocycles. The molecule has 2 aromatic carbocycles. The molecule has 2 N–H and O–H groups in total. The van der Waals surface area contributed by atoms with Gasteiger partial charge in [-0.15, -0.1) is 0 Å². The van der Waals surface area contributed by atoms with Gasteiger partial charge in [0, 0.05) is 10.6 Å². The van der Waals surface area contributed by atoms with Gasteiger partial charge in [-0.05, 0) is 31.5 Å². The topological polar surface area (TPSA) is 94.6 Å². The minimum Gasteiger partial charge on any atom is -0.439 e. The third-order valence-electron chi connectivity index (χ3n) is 4.53. The van der Waals surface area contributed by atoms with Gasteiger partial charge < -0.3 is 19.5 Å². The Morgan fingerprint density at radius 3 is 2.23 bits per heavy atom. The number of nitriles is 1. The van der Waals surface area contributed by atoms with Gasteiger partial charge in [0.15, 0.2) is 0 Å². The van der Waals surface area contributed by atoms with Gasteiger partial charge in [0.05, 0.1) is 24.4 Å². The van der Waals surface area contributed by atoms with Gasteiger partial charge in [-0.1, -0.05) is 54.1 Å². The average molecular weight is 445 g/mol. The number of halogens is 1. The van der Waals surface area contributed by atoms with Crippen molar-refractivity contribution in [3.8, 4) is 6.07 Å². The van der Waals surface area contributed by atoms with Gasteiger partial charge in [0.25, 0.3) is 0 Å². The van der Waals surface area contributed by atoms with Crippen LogP contribution in [0.4, 0.5) is 0 Å². The zero-order chi connectivity index (χ0) is 21.7. The zero-order valence-corrected chi connectivity index (χ0v) is 18.3. The zero-order valence-electron chi connectivity index (χ0n) is 16.7. The van der Waals surface area contributed by atoms with Crippen molar-refractivity contribution in [2.24, 2.45) is 5.73 Å². The molecule has 1 heterocycles. The molecule has 6 nitrogen and oxygen atoms in total. The Labute approximate surface area is 181 Å². The van der Waals surface area contributed by atoms with Crippen LogP contribution in [0.25, 0.3) is 5.76 Å². The van der Waals surface area contributed by atoms with Crippen molar-refractivity contribution in [2.45, 2.75) is 19.8 Å². The molecule has 1 atom stereocenters. The van der Waals surface area contributed by atoms with Gasteiger partial charge >= 0.3 is 7.60 Å². The predicted molar refractivity (Wildman–Crippen MR) is 116 cm³/mol. The maximum Gasteiger partial charge on any atom is 0.362 e. The van der Waals surface area contributed by atoms with Crippen LogP contribution in [0.2, 0.25) is 5.02 Å². The van der Waals surface area contributed by atoms with E-state index in [0.717, 1.165) is 0 Å². The molecular formula is C22H22ClN2O4P. The molecular weight excluding hydrogens is 423 g/mol. The van der Waals surface area contributed by atoms with Gasteiger partial charge in [0.1, 0.15) is 17.4 Å². The highest BCUT2D eigenvalue weighted by atomic mass is 35.5. The smallest absolute Gasteiger partial charge is 0.362 e. The van der Waals surface area contributed by atoms with Crippen molar-refractivity contribution in [3.63, 3.8) is 0 Å². The van der Waals surface area contributed by atoms with Crippen LogP contribution in [0.5, 0.6) is 0 Å². The van der Waals surface area contributed by atoms with Crippen LogP contribution in [0.15, 0.2) is 71.4 Å². The fourth-order valence-corrected chi connectivity index (χ4v) is 5.50. The summed E-state index contributed by atoms with van der Waals surface area (Å²) >= 11 is 6.06. The summed E-state index contributed by atoms with van der Waals surface area (Å²) in [6.07, 6.45) is 0. The average Bonchev–Trinajstić information content (AvgIpc) is 2.74. The van der Waals surface area contributed by atoms with E-state index in [2.05, 4.69) is 6.07 Å². The van der Waals surface area contributed by atoms with E-state index in [1.165, 1.54) is 0 Å². The molecule has 3 rings (SSSR count). The molecule has 0 fully saturated rings. The van der Waals surface area contributed by atoms with E-state index in [1.807, 2.05) is 18.2 Å². The Hall–Kier alpha value is -2.55. The predicted octanol–water partition coefficient (Wildman–Crippen LogP) is 5.78. The first-order valence-corrected chi connectivity index (χ1v) is 11.4. The summed E-state index contributed by atoms with van der Waals surface area (Å²) in [4.78, 5) is 0. The Kier molecular flexibility index (Phi) is 7.02. The second kappa shape index (κ2) is 9.51. The molecule has 0 saturated heterocycles. The Morgan fingerprint density at radius 1 is 1.10 bits per heavy atom. The summed E-state index contributed by atoms with van der Waals surface area (Å²) in [5.74, 6) is -0.572. The molecule has 0 saturated carbocycles. The van der Waals surface area contributed by atoms with Gasteiger partial charge in [-0.2, -0.15) is 5.26 Å². The van der Waals surface area contributed by atoms with Crippen molar-refractivity contribution >= 4 is 25.0 Å². The number of benzene rings is 2. The van der Waals surface area contributed by atoms with Crippen LogP contribution in [0, 0.1) is 11.3 Å². The highest BCUT2D eigenvalue weighted by Gasteiger charge is 2.45. The number of allylic oxidation sites excluding steroid dienone is 2. The first-order valence-electron chi connectivity index (χ1n) is 9.47. The van der Waals surface area contributed by atoms with Crippen molar-refractivity contribution < 1.29 is 18.3 Å². The summed E-state index contributed by atoms with van der Waals surface area (Å²) < 4.78 is 31.2. The van der Waals surface area contributed by atoms with Crippen molar-refractivity contribution in [1.82, 2.24) is 0 Å². The fourth-order valence-electron chi connectivity index (χ4n) is 3.32. The third kappa shape index (κ3) is 4.30. The fraction of sp³-hybridized carbons (Fsp3) is 0.227. The molecule has 0 radical (unpaired) electrons. The molecule has 0 bridgehead atoms. The maximum absolute atomic E-state index is 14.0. The van der Waals surface area contributed by atoms with Crippen molar-refractivity contribution in [2.75, 3.05) is 13.2 Å². The number of nitrogens with two attached hydrogens (primary N) is 1. The SMILES string of the molecule is CCOP(=O)(OCC)C1=C(c2ccccc2)OC(N)=C(C#N)C1c1ccc(Cl)cc1. The first-order chi connectivity index (χ1) is 14.4. The number of nitrogens with zero attached hydrogens (tertiary/aromatic N) is 1. The highest BCUT2D eigenvalue weighted by molar-refractivity contribution is 7.58. The van der Waals surface area contributed by atoms with E-state index >= 15 is 0 Å². The minimum atomic E-state index is -3.85. The molecule has 30 heavy (non-hydrogen) atoms. The lowest BCUT2D eigenvalue weighted by Crippen LogP contribution is -2.22. The number of ether oxygens (including phenoxy) is 1. The van der Waals surface area contributed by atoms with Gasteiger partial charge in [0.2, 0.25) is 5.88 Å². The first kappa shape index (κ1) is 22.1. The van der Waals surface area contributed by atoms with Gasteiger partial charge in [-0.3, -0.25) is 4.57 Å². The Morgan fingerprint density at radius 2 is 1.70 bits per heavy atom. The molecule has 0 amide bonds. The van der Waals surface area contributed by atoms with Crippen molar-refractivity contribution in [1.29, 1.82) is 5.26 Å². The number of hydrogen-bond donors (Lipinski definition) is 1. The van der Waals surface area contributed by atoms with Crippen LogP contribution in [-0.2, 0) is 18.3 Å². The summed E-state index contributed by atoms with van der Waals surface area (Å²) in [5.41, 5.74) is 7.58. The molecule has 1 unspecified atom stereocenters. The lowest BCUT2D eigenvalue weighted by Gasteiger charge is -2.32. The van der Waals surface area contributed by atoms with E-state index in [9.17, 15) is 9.83 Å². The molecule has 0 spiro atoms. The second-order valence-electron chi connectivity index (χ2n) is 6.39. The van der Waals surface area contributed by atoms with E-state index in [4.69, 9.17) is 31.1 Å². The normalized spacial score (nSPS) is 16.9. The Bertz CT molecular complexity index is 1050. The quantitative estimate of drug-likeness (QED) is 0.544. The lowest BCUT2D eigenvalue weighted by molar-refractivity contribution is 0.223. The van der Waals surface area contributed by atoms with Crippen LogP contribution in [0.1, 0.15) is 30.9 Å². The Balaban J connectivity index is 2.36. The van der Waals surface area contributed by atoms with E-state index in [1.54, 1.807) is 50.2 Å². The highest BCUT2D eigenvalue weighted by Crippen LogP contribution is 2.65. The second-order valence-corrected chi connectivity index (χ2v) is 8.82. The summed E-state index contributed by atoms with van der Waals surface area (Å²) in [6.45, 7) is 3.75. The van der Waals surface area contributed by atoms with Crippen LogP contribution in [-0.4, -0.2) is 13.2 Å². The largest absolute Gasteiger partial charge is 0.439 e. The van der Waals surface area contributed by atoms with E-state index in [0.29, 0.717) is 16.1 Å². The molecule has 2 aromatic rings. The van der Waals surface area contributed by atoms with Gasteiger partial charge in [-0.25, -0.2) is 0 Å². The van der Waals surface area contributed by atoms with Crippen LogP contribution >= 0.6 is 19.2 Å². The van der Waals surface area contributed by atoms with E-state index < -0.39 is 13.5 Å². The van der Waals surface area contributed by atoms with Crippen LogP contribution in [0.3, 0.4) is 0 Å².